The van der Waals surface area contributed by atoms with Crippen molar-refractivity contribution in [2.75, 3.05) is 79.0 Å². The van der Waals surface area contributed by atoms with E-state index in [-0.39, 0.29) is 0 Å². The van der Waals surface area contributed by atoms with Gasteiger partial charge in [-0.1, -0.05) is 0 Å². The lowest BCUT2D eigenvalue weighted by molar-refractivity contribution is -0.145. The van der Waals surface area contributed by atoms with Crippen LogP contribution in [0.15, 0.2) is 0 Å². The number of amides is 23. The third kappa shape index (κ3) is 47.1. The summed E-state index contributed by atoms with van der Waals surface area (Å²) in [5, 5.41) is 181. The quantitative estimate of drug-likeness (QED) is 0.0269. The molecular weight excluding hydrogens is 1870 g/mol. The number of nitrogens with one attached hydrogen (secondary N) is 20. The molecule has 0 aliphatic carbocycles. The van der Waals surface area contributed by atoms with Crippen molar-refractivity contribution in [3.8, 4) is 0 Å². The van der Waals surface area contributed by atoms with Gasteiger partial charge in [-0.2, -0.15) is 0 Å². The fourth-order valence-electron chi connectivity index (χ4n) is 10.4. The lowest BCUT2D eigenvalue weighted by atomic mass is 10.1. The number of aliphatic carboxylic acids is 7. The van der Waals surface area contributed by atoms with E-state index < -0.39 is 417 Å². The van der Waals surface area contributed by atoms with Gasteiger partial charge in [0.1, 0.15) is 96.7 Å². The third-order valence-electron chi connectivity index (χ3n) is 17.2. The zero-order valence-corrected chi connectivity index (χ0v) is 70.9. The number of carbonyl (C=O) groups excluding carboxylic acids is 23. The van der Waals surface area contributed by atoms with Crippen LogP contribution in [0, 0.1) is 0 Å². The lowest BCUT2D eigenvalue weighted by Gasteiger charge is -2.26. The minimum atomic E-state index is -2.38. The van der Waals surface area contributed by atoms with Gasteiger partial charge in [-0.25, -0.2) is 4.79 Å². The van der Waals surface area contributed by atoms with Crippen molar-refractivity contribution in [3.05, 3.63) is 0 Å². The van der Waals surface area contributed by atoms with Gasteiger partial charge in [-0.15, -0.1) is 0 Å². The first-order valence-corrected chi connectivity index (χ1v) is 38.9. The summed E-state index contributed by atoms with van der Waals surface area (Å²) in [5.41, 5.74) is 20.9. The maximum atomic E-state index is 13.6. The van der Waals surface area contributed by atoms with Crippen LogP contribution in [0.2, 0.25) is 0 Å². The van der Waals surface area contributed by atoms with Gasteiger partial charge in [-0.3, -0.25) is 139 Å². The van der Waals surface area contributed by atoms with Crippen LogP contribution in [0.1, 0.15) is 57.8 Å². The van der Waals surface area contributed by atoms with Crippen LogP contribution < -0.4 is 129 Å². The molecule has 0 aromatic carbocycles. The number of carboxylic acid groups (broad SMARTS) is 7. The Bertz CT molecular complexity index is 4480. The summed E-state index contributed by atoms with van der Waals surface area (Å²) in [4.78, 5) is 379. The molecule has 137 heavy (non-hydrogen) atoms. The van der Waals surface area contributed by atoms with Gasteiger partial charge in [0, 0.05) is 0 Å². The summed E-state index contributed by atoms with van der Waals surface area (Å²) in [6.45, 7) is -15.7. The van der Waals surface area contributed by atoms with E-state index in [9.17, 15) is 215 Å². The molecule has 0 aromatic rings. The van der Waals surface area contributed by atoms with Crippen molar-refractivity contribution >= 4 is 178 Å². The molecule has 0 unspecified atom stereocenters. The molecule has 0 saturated carbocycles. The van der Waals surface area contributed by atoms with Crippen LogP contribution in [0.5, 0.6) is 0 Å². The topological polar surface area (TPSA) is 1160 Å². The van der Waals surface area contributed by atoms with Gasteiger partial charge in [0.25, 0.3) is 0 Å². The van der Waals surface area contributed by atoms with Crippen molar-refractivity contribution in [1.29, 1.82) is 0 Å². The van der Waals surface area contributed by atoms with Crippen LogP contribution >= 0.6 is 0 Å². The number of rotatable bonds is 67. The van der Waals surface area contributed by atoms with Crippen molar-refractivity contribution in [3.63, 3.8) is 0 Å². The first-order chi connectivity index (χ1) is 63.9. The second-order valence-corrected chi connectivity index (χ2v) is 28.1. The maximum Gasteiger partial charge on any atom is 0.328 e. The van der Waals surface area contributed by atoms with Gasteiger partial charge < -0.3 is 206 Å². The first-order valence-electron chi connectivity index (χ1n) is 38.9. The van der Waals surface area contributed by atoms with Crippen molar-refractivity contribution in [2.24, 2.45) is 22.9 Å². The van der Waals surface area contributed by atoms with Crippen LogP contribution in [0.25, 0.3) is 0 Å². The Morgan fingerprint density at radius 2 is 0.314 bits per heavy atom. The van der Waals surface area contributed by atoms with E-state index in [0.717, 1.165) is 0 Å². The van der Waals surface area contributed by atoms with Crippen molar-refractivity contribution in [2.45, 2.75) is 160 Å². The molecule has 0 aromatic heterocycles. The molecule has 0 rings (SSSR count). The van der Waals surface area contributed by atoms with E-state index in [4.69, 9.17) is 28.0 Å². The summed E-state index contributed by atoms with van der Waals surface area (Å²) in [6.07, 6.45) is -11.3. The van der Waals surface area contributed by atoms with E-state index in [1.807, 2.05) is 63.8 Å². The predicted octanol–water partition coefficient (Wildman–Crippen LogP) is -27.0. The number of nitrogens with two attached hydrogens (primary N) is 4. The van der Waals surface area contributed by atoms with Crippen LogP contribution in [-0.2, 0) is 144 Å². The third-order valence-corrected chi connectivity index (χ3v) is 17.2. The molecule has 43 N–H and O–H groups in total. The second-order valence-electron chi connectivity index (χ2n) is 28.1. The number of primary amides is 3. The van der Waals surface area contributed by atoms with Gasteiger partial charge in [-0.05, 0) is 0 Å². The highest BCUT2D eigenvalue weighted by atomic mass is 16.4. The number of hydrogen-bond acceptors (Lipinski definition) is 39. The SMILES string of the molecule is NC(=O)C[C@H](NC(=O)[C@H](CO)NC(=O)[C@H](CC(=O)O)NC(=O)[C@H](CO)NC(=O)CNC(=O)[C@H](CO)NC(=O)CNC(=O)[C@H](CC(=O)O)NC(=O)[C@@H](N)CC(N)=O)C(=O)N[C@@H](CC(=O)O)C(=O)NCC(=O)N[C@@H](CO)C(=O)NCC(=O)N[C@@H](CO)C(=O)N[C@@H](CC(=O)O)C(=O)N[C@@H](CO)C(=O)N[C@@H](CC(N)=O)C(=O)N[C@@H](CC(=O)O)C(=O)N[C@@H](CO)C(=O)N[C@@H](CC(=O)O)C(=O)N[C@@H](CO)C(=O)O. The average molecular weight is 1980 g/mol. The Morgan fingerprint density at radius 3 is 0.489 bits per heavy atom. The Kier molecular flexibility index (Phi) is 54.2. The molecule has 0 bridgehead atoms. The molecule has 0 saturated heterocycles. The van der Waals surface area contributed by atoms with E-state index in [1.165, 1.54) is 0 Å². The van der Waals surface area contributed by atoms with E-state index in [2.05, 4.69) is 0 Å². The second kappa shape index (κ2) is 61.5. The zero-order valence-electron chi connectivity index (χ0n) is 70.9. The zero-order chi connectivity index (χ0) is 105. The standard InChI is InChI=1S/C68H102N24O45/c69-22(1-39(70)101)52(120)81-25(4-46(108)109)53(121)73-10-42(104)77-31(14-93)55(123)75-12-44(106)79-33(16-95)63(131)86-28(7-49(114)115)60(128)89-35(18-97)65(133)82-23(2-40(71)102)57(125)84-26(5-47(110)111)54(122)74-11-43(105)78-32(15-94)56(124)76-13-45(107)80-34(17-96)64(132)87-29(8-50(116)117)61(129)90-36(19-98)66(134)83-24(3-41(72)103)58(126)85-27(6-48(112)113)59(127)91-37(20-99)67(135)88-30(9-51(118)119)62(130)92-38(21-100)68(136)137/h22-38,93-100H,1-21,69H2,(H2,70,101)(H2,71,102)(H2,72,103)(H,73,121)(H,74,122)(H,75,123)(H,76,124)(H,77,104)(H,78,105)(H,79,106)(H,80,107)(H,81,120)(H,82,133)(H,83,134)(H,84,125)(H,85,126)(H,86,131)(H,87,132)(H,88,135)(H,89,128)(H,90,129)(H,91,127)(H,92,130)(H,108,109)(H,110,111)(H,112,113)(H,114,115)(H,116,117)(H,118,119)(H,136,137)/t22-,23-,24-,25-,26-,27-,28-,29-,30-,31-,32-,33-,34-,35-,36-,37-,38-/m0/s1. The molecule has 0 heterocycles. The molecule has 0 fully saturated rings. The minimum absolute atomic E-state index is 0.713. The molecule has 0 aliphatic rings. The van der Waals surface area contributed by atoms with Gasteiger partial charge in [0.2, 0.25) is 136 Å². The smallest absolute Gasteiger partial charge is 0.328 e. The predicted molar refractivity (Wildman–Crippen MR) is 430 cm³/mol. The Balaban J connectivity index is 6.16. The fourth-order valence-corrected chi connectivity index (χ4v) is 10.4. The number of aliphatic hydroxyl groups excluding tert-OH is 8. The normalized spacial score (nSPS) is 14.4. The Morgan fingerprint density at radius 1 is 0.175 bits per heavy atom. The summed E-state index contributed by atoms with van der Waals surface area (Å²) < 4.78 is 0. The van der Waals surface area contributed by atoms with Crippen LogP contribution in [-0.4, -0.2) is 436 Å². The fraction of sp³-hybridized carbons (Fsp3) is 0.559. The van der Waals surface area contributed by atoms with E-state index in [0.29, 0.717) is 0 Å². The summed E-state index contributed by atoms with van der Waals surface area (Å²) in [7, 11) is 0. The van der Waals surface area contributed by atoms with E-state index in [1.54, 1.807) is 42.5 Å². The molecule has 23 amide bonds. The number of aliphatic hydroxyl groups is 8. The number of carbonyl (C=O) groups is 30. The minimum Gasteiger partial charge on any atom is -0.481 e. The highest BCUT2D eigenvalue weighted by Crippen LogP contribution is 2.08. The number of hydrogen-bond donors (Lipinski definition) is 39. The monoisotopic (exact) mass is 1970 g/mol. The van der Waals surface area contributed by atoms with Crippen LogP contribution in [0.3, 0.4) is 0 Å². The highest BCUT2D eigenvalue weighted by molar-refractivity contribution is 6.04. The summed E-state index contributed by atoms with van der Waals surface area (Å²) in [6, 6.07) is -37.0. The van der Waals surface area contributed by atoms with Gasteiger partial charge in [0.05, 0.1) is 143 Å². The van der Waals surface area contributed by atoms with Crippen molar-refractivity contribution < 1.29 is 220 Å². The number of carboxylic acids is 7. The summed E-state index contributed by atoms with van der Waals surface area (Å²) in [5.74, 6) is -47.2. The molecule has 69 heteroatoms. The average Bonchev–Trinajstić information content (AvgIpc) is 0.841. The van der Waals surface area contributed by atoms with Gasteiger partial charge in [0.15, 0.2) is 0 Å². The molecule has 0 radical (unpaired) electrons. The molecule has 0 aliphatic heterocycles. The Hall–Kier alpha value is -16.3. The van der Waals surface area contributed by atoms with Gasteiger partial charge >= 0.3 is 41.8 Å². The maximum absolute atomic E-state index is 13.6. The first kappa shape index (κ1) is 121. The van der Waals surface area contributed by atoms with Crippen LogP contribution in [0.4, 0.5) is 0 Å². The van der Waals surface area contributed by atoms with E-state index >= 15 is 0 Å². The molecule has 764 valence electrons. The molecule has 0 spiro atoms. The van der Waals surface area contributed by atoms with Crippen molar-refractivity contribution in [1.82, 2.24) is 106 Å². The summed E-state index contributed by atoms with van der Waals surface area (Å²) >= 11 is 0. The highest BCUT2D eigenvalue weighted by Gasteiger charge is 2.41. The largest absolute Gasteiger partial charge is 0.481 e. The lowest BCUT2D eigenvalue weighted by Crippen LogP contribution is -2.62. The molecule has 69 nitrogen and oxygen atoms in total. The Labute approximate surface area is 764 Å². The molecule has 17 atom stereocenters. The molecular formula is C68H102N24O45.